The highest BCUT2D eigenvalue weighted by molar-refractivity contribution is 6.32. The number of hydrogen-bond acceptors (Lipinski definition) is 5. The van der Waals surface area contributed by atoms with Gasteiger partial charge in [0.25, 0.3) is 0 Å². The highest BCUT2D eigenvalue weighted by Crippen LogP contribution is 2.32. The number of nitrogens with zero attached hydrogens (tertiary/aromatic N) is 5. The summed E-state index contributed by atoms with van der Waals surface area (Å²) in [6.07, 6.45) is 9.58. The molecule has 2 N–H and O–H groups in total. The SMILES string of the molecule is Clc1c(-c2cnn3ccccc23)nc(N[C@H]2CCCNC2)c2nccn12. The summed E-state index contributed by atoms with van der Waals surface area (Å²) in [4.78, 5) is 9.29. The number of pyridine rings is 1. The van der Waals surface area contributed by atoms with Crippen molar-refractivity contribution in [3.8, 4) is 11.3 Å². The molecular weight excluding hydrogens is 350 g/mol. The van der Waals surface area contributed by atoms with E-state index < -0.39 is 0 Å². The minimum Gasteiger partial charge on any atom is -0.363 e. The Labute approximate surface area is 155 Å². The highest BCUT2D eigenvalue weighted by atomic mass is 35.5. The van der Waals surface area contributed by atoms with E-state index >= 15 is 0 Å². The third-order valence-electron chi connectivity index (χ3n) is 4.80. The van der Waals surface area contributed by atoms with Crippen LogP contribution in [0.5, 0.6) is 0 Å². The number of hydrogen-bond donors (Lipinski definition) is 2. The lowest BCUT2D eigenvalue weighted by atomic mass is 10.1. The third kappa shape index (κ3) is 2.51. The smallest absolute Gasteiger partial charge is 0.181 e. The van der Waals surface area contributed by atoms with Crippen LogP contribution >= 0.6 is 11.6 Å². The minimum absolute atomic E-state index is 0.328. The molecule has 5 heterocycles. The Morgan fingerprint density at radius 1 is 1.27 bits per heavy atom. The Bertz CT molecular complexity index is 1080. The highest BCUT2D eigenvalue weighted by Gasteiger charge is 2.20. The molecule has 26 heavy (non-hydrogen) atoms. The van der Waals surface area contributed by atoms with E-state index in [9.17, 15) is 0 Å². The molecule has 0 aliphatic carbocycles. The molecule has 5 rings (SSSR count). The van der Waals surface area contributed by atoms with Gasteiger partial charge in [-0.3, -0.25) is 4.40 Å². The van der Waals surface area contributed by atoms with Crippen LogP contribution in [-0.2, 0) is 0 Å². The van der Waals surface area contributed by atoms with Crippen LogP contribution in [0, 0.1) is 0 Å². The van der Waals surface area contributed by atoms with Crippen LogP contribution in [0.3, 0.4) is 0 Å². The number of aromatic nitrogens is 5. The molecule has 0 aromatic carbocycles. The predicted molar refractivity (Wildman–Crippen MR) is 102 cm³/mol. The van der Waals surface area contributed by atoms with Gasteiger partial charge in [-0.05, 0) is 31.5 Å². The molecular formula is C18H18ClN7. The topological polar surface area (TPSA) is 71.5 Å². The van der Waals surface area contributed by atoms with Crippen molar-refractivity contribution in [2.45, 2.75) is 18.9 Å². The first-order valence-electron chi connectivity index (χ1n) is 8.74. The summed E-state index contributed by atoms with van der Waals surface area (Å²) in [5, 5.41) is 11.9. The van der Waals surface area contributed by atoms with Crippen LogP contribution in [-0.4, -0.2) is 43.1 Å². The summed E-state index contributed by atoms with van der Waals surface area (Å²) < 4.78 is 3.69. The second-order valence-corrected chi connectivity index (χ2v) is 6.85. The van der Waals surface area contributed by atoms with Gasteiger partial charge >= 0.3 is 0 Å². The lowest BCUT2D eigenvalue weighted by Crippen LogP contribution is -2.38. The van der Waals surface area contributed by atoms with E-state index in [4.69, 9.17) is 16.6 Å². The van der Waals surface area contributed by atoms with Gasteiger partial charge in [0, 0.05) is 36.7 Å². The zero-order valence-corrected chi connectivity index (χ0v) is 14.8. The Morgan fingerprint density at radius 3 is 3.12 bits per heavy atom. The van der Waals surface area contributed by atoms with Crippen molar-refractivity contribution in [1.29, 1.82) is 0 Å². The zero-order chi connectivity index (χ0) is 17.5. The van der Waals surface area contributed by atoms with E-state index in [0.717, 1.165) is 48.5 Å². The maximum absolute atomic E-state index is 6.67. The Hall–Kier alpha value is -2.64. The standard InChI is InChI=1S/C18H18ClN7/c19-16-15(13-11-22-26-8-2-1-5-14(13)26)24-17(18-21-7-9-25(16)18)23-12-4-3-6-20-10-12/h1-2,5,7-9,11-12,20H,3-4,6,10H2,(H,23,24)/t12-/m0/s1. The van der Waals surface area contributed by atoms with Gasteiger partial charge < -0.3 is 10.6 Å². The molecule has 0 unspecified atom stereocenters. The second-order valence-electron chi connectivity index (χ2n) is 6.50. The molecule has 1 fully saturated rings. The fourth-order valence-electron chi connectivity index (χ4n) is 3.51. The molecule has 1 aliphatic rings. The summed E-state index contributed by atoms with van der Waals surface area (Å²) in [6, 6.07) is 6.27. The fraction of sp³-hybridized carbons (Fsp3) is 0.278. The van der Waals surface area contributed by atoms with Gasteiger partial charge in [0.2, 0.25) is 0 Å². The number of nitrogens with one attached hydrogen (secondary N) is 2. The molecule has 132 valence electrons. The molecule has 4 aromatic rings. The van der Waals surface area contributed by atoms with Gasteiger partial charge in [-0.25, -0.2) is 14.5 Å². The number of fused-ring (bicyclic) bond motifs is 2. The quantitative estimate of drug-likeness (QED) is 0.582. The molecule has 0 spiro atoms. The van der Waals surface area contributed by atoms with Gasteiger partial charge in [0.1, 0.15) is 10.8 Å². The maximum atomic E-state index is 6.67. The molecule has 1 saturated heterocycles. The van der Waals surface area contributed by atoms with Gasteiger partial charge in [0.15, 0.2) is 11.5 Å². The van der Waals surface area contributed by atoms with E-state index in [1.165, 1.54) is 0 Å². The van der Waals surface area contributed by atoms with Crippen LogP contribution in [0.15, 0.2) is 43.0 Å². The van der Waals surface area contributed by atoms with E-state index in [1.54, 1.807) is 12.4 Å². The van der Waals surface area contributed by atoms with Crippen LogP contribution < -0.4 is 10.6 Å². The predicted octanol–water partition coefficient (Wildman–Crippen LogP) is 2.86. The van der Waals surface area contributed by atoms with Crippen molar-refractivity contribution in [3.63, 3.8) is 0 Å². The number of anilines is 1. The van der Waals surface area contributed by atoms with Crippen LogP contribution in [0.1, 0.15) is 12.8 Å². The molecule has 0 amide bonds. The zero-order valence-electron chi connectivity index (χ0n) is 14.1. The number of rotatable bonds is 3. The van der Waals surface area contributed by atoms with Crippen molar-refractivity contribution in [3.05, 3.63) is 48.1 Å². The summed E-state index contributed by atoms with van der Waals surface area (Å²) in [7, 11) is 0. The van der Waals surface area contributed by atoms with E-state index in [0.29, 0.717) is 16.9 Å². The first kappa shape index (κ1) is 15.6. The monoisotopic (exact) mass is 367 g/mol. The van der Waals surface area contributed by atoms with Crippen molar-refractivity contribution >= 4 is 28.6 Å². The van der Waals surface area contributed by atoms with E-state index in [2.05, 4.69) is 20.7 Å². The minimum atomic E-state index is 0.328. The van der Waals surface area contributed by atoms with Crippen molar-refractivity contribution in [1.82, 2.24) is 29.3 Å². The van der Waals surface area contributed by atoms with Crippen LogP contribution in [0.25, 0.3) is 22.4 Å². The Kier molecular flexibility index (Phi) is 3.76. The largest absolute Gasteiger partial charge is 0.363 e. The average molecular weight is 368 g/mol. The first-order valence-corrected chi connectivity index (χ1v) is 9.11. The summed E-state index contributed by atoms with van der Waals surface area (Å²) in [5.74, 6) is 0.749. The second kappa shape index (κ2) is 6.26. The lowest BCUT2D eigenvalue weighted by Gasteiger charge is -2.24. The van der Waals surface area contributed by atoms with Crippen molar-refractivity contribution in [2.75, 3.05) is 18.4 Å². The summed E-state index contributed by atoms with van der Waals surface area (Å²) in [6.45, 7) is 1.99. The van der Waals surface area contributed by atoms with Gasteiger partial charge in [-0.1, -0.05) is 17.7 Å². The number of piperidine rings is 1. The van der Waals surface area contributed by atoms with E-state index in [-0.39, 0.29) is 0 Å². The van der Waals surface area contributed by atoms with Crippen LogP contribution in [0.2, 0.25) is 5.15 Å². The third-order valence-corrected chi connectivity index (χ3v) is 5.16. The number of imidazole rings is 1. The summed E-state index contributed by atoms with van der Waals surface area (Å²) in [5.41, 5.74) is 3.30. The molecule has 0 saturated carbocycles. The van der Waals surface area contributed by atoms with Crippen LogP contribution in [0.4, 0.5) is 5.82 Å². The molecule has 0 bridgehead atoms. The Morgan fingerprint density at radius 2 is 2.23 bits per heavy atom. The molecule has 7 nitrogen and oxygen atoms in total. The summed E-state index contributed by atoms with van der Waals surface area (Å²) >= 11 is 6.67. The molecule has 8 heteroatoms. The Balaban J connectivity index is 1.66. The van der Waals surface area contributed by atoms with Gasteiger partial charge in [0.05, 0.1) is 11.7 Å². The molecule has 4 aromatic heterocycles. The first-order chi connectivity index (χ1) is 12.8. The molecule has 1 atom stereocenters. The van der Waals surface area contributed by atoms with E-state index in [1.807, 2.05) is 39.5 Å². The normalized spacial score (nSPS) is 17.8. The van der Waals surface area contributed by atoms with Gasteiger partial charge in [-0.15, -0.1) is 0 Å². The molecule has 1 aliphatic heterocycles. The maximum Gasteiger partial charge on any atom is 0.181 e. The fourth-order valence-corrected chi connectivity index (χ4v) is 3.79. The van der Waals surface area contributed by atoms with Gasteiger partial charge in [-0.2, -0.15) is 5.10 Å². The molecule has 0 radical (unpaired) electrons. The van der Waals surface area contributed by atoms with Crippen molar-refractivity contribution < 1.29 is 0 Å². The average Bonchev–Trinajstić information content (AvgIpc) is 3.32. The number of halogens is 1. The van der Waals surface area contributed by atoms with Crippen molar-refractivity contribution in [2.24, 2.45) is 0 Å². The lowest BCUT2D eigenvalue weighted by molar-refractivity contribution is 0.479.